The van der Waals surface area contributed by atoms with Crippen LogP contribution >= 0.6 is 0 Å². The summed E-state index contributed by atoms with van der Waals surface area (Å²) in [5.74, 6) is 0.134. The minimum absolute atomic E-state index is 0.134. The van der Waals surface area contributed by atoms with E-state index in [0.717, 1.165) is 44.3 Å². The van der Waals surface area contributed by atoms with Gasteiger partial charge in [-0.25, -0.2) is 0 Å². The van der Waals surface area contributed by atoms with Gasteiger partial charge >= 0.3 is 0 Å². The second-order valence-electron chi connectivity index (χ2n) is 6.59. The number of benzene rings is 1. The molecule has 2 rings (SSSR count). The van der Waals surface area contributed by atoms with Crippen LogP contribution < -0.4 is 4.90 Å². The van der Waals surface area contributed by atoms with E-state index < -0.39 is 0 Å². The summed E-state index contributed by atoms with van der Waals surface area (Å²) in [6, 6.07) is 8.41. The molecule has 3 heteroatoms. The highest BCUT2D eigenvalue weighted by Crippen LogP contribution is 2.30. The number of carbonyl (C=O) groups excluding carboxylic acids is 1. The minimum Gasteiger partial charge on any atom is -0.371 e. The van der Waals surface area contributed by atoms with Crippen molar-refractivity contribution in [2.75, 3.05) is 18.0 Å². The molecule has 0 atom stereocenters. The van der Waals surface area contributed by atoms with E-state index in [4.69, 9.17) is 5.26 Å². The van der Waals surface area contributed by atoms with E-state index in [0.29, 0.717) is 0 Å². The Kier molecular flexibility index (Phi) is 4.67. The summed E-state index contributed by atoms with van der Waals surface area (Å²) in [6.45, 7) is 7.69. The predicted molar refractivity (Wildman–Crippen MR) is 85.6 cm³/mol. The standard InChI is InChI=1S/C18H24N2O/c1-14(21)15-6-7-17-16(12-15)8-11-20(17)10-5-4-9-18(2,3)13-19/h6-7,12H,4-5,8-11H2,1-3H3. The van der Waals surface area contributed by atoms with Gasteiger partial charge in [0.1, 0.15) is 0 Å². The molecule has 0 aliphatic carbocycles. The number of rotatable bonds is 6. The third-order valence-electron chi connectivity index (χ3n) is 4.26. The largest absolute Gasteiger partial charge is 0.371 e. The van der Waals surface area contributed by atoms with Crippen molar-refractivity contribution in [3.05, 3.63) is 29.3 Å². The van der Waals surface area contributed by atoms with Crippen molar-refractivity contribution in [2.45, 2.75) is 46.5 Å². The summed E-state index contributed by atoms with van der Waals surface area (Å²) in [6.07, 6.45) is 4.17. The van der Waals surface area contributed by atoms with E-state index in [2.05, 4.69) is 17.0 Å². The van der Waals surface area contributed by atoms with Crippen molar-refractivity contribution in [3.63, 3.8) is 0 Å². The number of anilines is 1. The van der Waals surface area contributed by atoms with Gasteiger partial charge in [0.15, 0.2) is 5.78 Å². The Labute approximate surface area is 127 Å². The Bertz CT molecular complexity index is 569. The predicted octanol–water partition coefficient (Wildman–Crippen LogP) is 3.97. The van der Waals surface area contributed by atoms with Gasteiger partial charge in [-0.05, 0) is 63.8 Å². The zero-order chi connectivity index (χ0) is 15.5. The zero-order valence-corrected chi connectivity index (χ0v) is 13.3. The summed E-state index contributed by atoms with van der Waals surface area (Å²) in [4.78, 5) is 13.8. The van der Waals surface area contributed by atoms with Crippen LogP contribution in [0.3, 0.4) is 0 Å². The Morgan fingerprint density at radius 3 is 2.81 bits per heavy atom. The number of carbonyl (C=O) groups is 1. The maximum atomic E-state index is 11.4. The fraction of sp³-hybridized carbons (Fsp3) is 0.556. The van der Waals surface area contributed by atoms with E-state index in [9.17, 15) is 4.79 Å². The number of nitrogens with zero attached hydrogens (tertiary/aromatic N) is 2. The van der Waals surface area contributed by atoms with Crippen LogP contribution in [0.15, 0.2) is 18.2 Å². The van der Waals surface area contributed by atoms with Gasteiger partial charge in [0.2, 0.25) is 0 Å². The van der Waals surface area contributed by atoms with Crippen molar-refractivity contribution in [2.24, 2.45) is 5.41 Å². The minimum atomic E-state index is -0.209. The van der Waals surface area contributed by atoms with Gasteiger partial charge in [-0.15, -0.1) is 0 Å². The molecule has 1 aromatic carbocycles. The second kappa shape index (κ2) is 6.30. The lowest BCUT2D eigenvalue weighted by Gasteiger charge is -2.21. The third kappa shape index (κ3) is 3.85. The van der Waals surface area contributed by atoms with E-state index in [1.165, 1.54) is 11.3 Å². The van der Waals surface area contributed by atoms with E-state index in [-0.39, 0.29) is 11.2 Å². The summed E-state index contributed by atoms with van der Waals surface area (Å²) >= 11 is 0. The lowest BCUT2D eigenvalue weighted by molar-refractivity contribution is 0.101. The summed E-state index contributed by atoms with van der Waals surface area (Å²) in [7, 11) is 0. The molecule has 3 nitrogen and oxygen atoms in total. The molecule has 112 valence electrons. The lowest BCUT2D eigenvalue weighted by Crippen LogP contribution is -2.22. The van der Waals surface area contributed by atoms with Crippen LogP contribution in [0.5, 0.6) is 0 Å². The molecule has 0 saturated heterocycles. The molecule has 0 unspecified atom stereocenters. The van der Waals surface area contributed by atoms with Gasteiger partial charge in [-0.1, -0.05) is 6.42 Å². The molecule has 0 radical (unpaired) electrons. The number of hydrogen-bond acceptors (Lipinski definition) is 3. The molecule has 0 N–H and O–H groups in total. The van der Waals surface area contributed by atoms with E-state index in [1.807, 2.05) is 26.0 Å². The number of hydrogen-bond donors (Lipinski definition) is 0. The van der Waals surface area contributed by atoms with E-state index >= 15 is 0 Å². The van der Waals surface area contributed by atoms with Crippen molar-refractivity contribution in [3.8, 4) is 6.07 Å². The van der Waals surface area contributed by atoms with Crippen LogP contribution in [0.4, 0.5) is 5.69 Å². The number of nitriles is 1. The van der Waals surface area contributed by atoms with Crippen LogP contribution in [-0.2, 0) is 6.42 Å². The van der Waals surface area contributed by atoms with E-state index in [1.54, 1.807) is 6.92 Å². The highest BCUT2D eigenvalue weighted by molar-refractivity contribution is 5.94. The van der Waals surface area contributed by atoms with Crippen LogP contribution in [-0.4, -0.2) is 18.9 Å². The zero-order valence-electron chi connectivity index (χ0n) is 13.3. The lowest BCUT2D eigenvalue weighted by atomic mass is 9.89. The molecule has 0 bridgehead atoms. The monoisotopic (exact) mass is 284 g/mol. The fourth-order valence-electron chi connectivity index (χ4n) is 2.85. The molecule has 1 heterocycles. The highest BCUT2D eigenvalue weighted by atomic mass is 16.1. The molecule has 0 aromatic heterocycles. The van der Waals surface area contributed by atoms with Gasteiger partial charge in [-0.2, -0.15) is 5.26 Å². The number of Topliss-reactive ketones (excluding diaryl/α,β-unsaturated/α-hetero) is 1. The maximum Gasteiger partial charge on any atom is 0.159 e. The summed E-state index contributed by atoms with van der Waals surface area (Å²) in [5.41, 5.74) is 3.17. The van der Waals surface area contributed by atoms with Gasteiger partial charge in [0, 0.05) is 24.3 Å². The summed E-state index contributed by atoms with van der Waals surface area (Å²) < 4.78 is 0. The molecule has 0 saturated carbocycles. The smallest absolute Gasteiger partial charge is 0.159 e. The van der Waals surface area contributed by atoms with Gasteiger partial charge in [0.25, 0.3) is 0 Å². The normalized spacial score (nSPS) is 13.9. The topological polar surface area (TPSA) is 44.1 Å². The Hall–Kier alpha value is -1.82. The SMILES string of the molecule is CC(=O)c1ccc2c(c1)CCN2CCCCC(C)(C)C#N. The molecule has 0 spiro atoms. The molecule has 0 amide bonds. The maximum absolute atomic E-state index is 11.4. The third-order valence-corrected chi connectivity index (χ3v) is 4.26. The first-order valence-corrected chi connectivity index (χ1v) is 7.73. The van der Waals surface area contributed by atoms with Crippen LogP contribution in [0.2, 0.25) is 0 Å². The van der Waals surface area contributed by atoms with Crippen molar-refractivity contribution >= 4 is 11.5 Å². The summed E-state index contributed by atoms with van der Waals surface area (Å²) in [5, 5.41) is 9.02. The average Bonchev–Trinajstić information content (AvgIpc) is 2.86. The molecule has 1 aliphatic heterocycles. The van der Waals surface area contributed by atoms with Crippen LogP contribution in [0.1, 0.15) is 56.0 Å². The van der Waals surface area contributed by atoms with Crippen molar-refractivity contribution in [1.29, 1.82) is 5.26 Å². The molecule has 21 heavy (non-hydrogen) atoms. The van der Waals surface area contributed by atoms with Gasteiger partial charge < -0.3 is 4.90 Å². The first kappa shape index (κ1) is 15.6. The number of fused-ring (bicyclic) bond motifs is 1. The molecule has 0 fully saturated rings. The van der Waals surface area contributed by atoms with Gasteiger partial charge in [-0.3, -0.25) is 4.79 Å². The first-order chi connectivity index (χ1) is 9.93. The molecule has 1 aliphatic rings. The second-order valence-corrected chi connectivity index (χ2v) is 6.59. The highest BCUT2D eigenvalue weighted by Gasteiger charge is 2.20. The fourth-order valence-corrected chi connectivity index (χ4v) is 2.85. The molecular weight excluding hydrogens is 260 g/mol. The van der Waals surface area contributed by atoms with Crippen LogP contribution in [0.25, 0.3) is 0 Å². The average molecular weight is 284 g/mol. The van der Waals surface area contributed by atoms with Crippen molar-refractivity contribution in [1.82, 2.24) is 0 Å². The van der Waals surface area contributed by atoms with Crippen molar-refractivity contribution < 1.29 is 4.79 Å². The number of ketones is 1. The Morgan fingerprint density at radius 2 is 2.14 bits per heavy atom. The quantitative estimate of drug-likeness (QED) is 0.586. The first-order valence-electron chi connectivity index (χ1n) is 7.73. The number of unbranched alkanes of at least 4 members (excludes halogenated alkanes) is 1. The molecular formula is C18H24N2O. The Balaban J connectivity index is 1.89. The van der Waals surface area contributed by atoms with Gasteiger partial charge in [0.05, 0.1) is 11.5 Å². The Morgan fingerprint density at radius 1 is 1.38 bits per heavy atom. The van der Waals surface area contributed by atoms with Crippen LogP contribution in [0, 0.1) is 16.7 Å². The molecule has 1 aromatic rings.